The van der Waals surface area contributed by atoms with Crippen LogP contribution < -0.4 is 10.5 Å². The Balaban J connectivity index is 2.84. The number of nitrogen functional groups attached to an aromatic ring is 1. The van der Waals surface area contributed by atoms with Gasteiger partial charge in [0.1, 0.15) is 17.1 Å². The van der Waals surface area contributed by atoms with E-state index < -0.39 is 11.8 Å². The Morgan fingerprint density at radius 3 is 2.76 bits per heavy atom. The molecular formula is C12H16FNO3. The van der Waals surface area contributed by atoms with Crippen LogP contribution in [-0.2, 0) is 0 Å². The second-order valence-electron chi connectivity index (χ2n) is 3.69. The zero-order chi connectivity index (χ0) is 12.8. The van der Waals surface area contributed by atoms with E-state index in [1.165, 1.54) is 6.07 Å². The van der Waals surface area contributed by atoms with E-state index in [1.54, 1.807) is 0 Å². The summed E-state index contributed by atoms with van der Waals surface area (Å²) in [5.74, 6) is -1.91. The van der Waals surface area contributed by atoms with Crippen LogP contribution in [0, 0.1) is 5.82 Å². The number of nitrogens with two attached hydrogens (primary N) is 1. The van der Waals surface area contributed by atoms with E-state index in [4.69, 9.17) is 15.6 Å². The largest absolute Gasteiger partial charge is 0.493 e. The van der Waals surface area contributed by atoms with Crippen LogP contribution in [0.2, 0.25) is 0 Å². The molecule has 0 spiro atoms. The standard InChI is InChI=1S/C12H16FNO3/c1-2-3-4-7-17-9-6-5-8(13)11(14)10(9)12(15)16/h5-6H,2-4,7,14H2,1H3,(H,15,16). The SMILES string of the molecule is CCCCCOc1ccc(F)c(N)c1C(=O)O. The van der Waals surface area contributed by atoms with Gasteiger partial charge in [-0.05, 0) is 18.6 Å². The average molecular weight is 241 g/mol. The molecule has 4 nitrogen and oxygen atoms in total. The Hall–Kier alpha value is -1.78. The van der Waals surface area contributed by atoms with Gasteiger partial charge in [-0.3, -0.25) is 0 Å². The number of aromatic carboxylic acids is 1. The highest BCUT2D eigenvalue weighted by Crippen LogP contribution is 2.27. The van der Waals surface area contributed by atoms with Crippen molar-refractivity contribution in [2.45, 2.75) is 26.2 Å². The van der Waals surface area contributed by atoms with Crippen LogP contribution >= 0.6 is 0 Å². The first-order valence-electron chi connectivity index (χ1n) is 5.52. The van der Waals surface area contributed by atoms with Crippen LogP contribution in [0.25, 0.3) is 0 Å². The molecule has 94 valence electrons. The number of benzene rings is 1. The molecule has 0 aliphatic heterocycles. The third-order valence-electron chi connectivity index (χ3n) is 2.37. The number of carboxylic acids is 1. The second kappa shape index (κ2) is 6.08. The normalized spacial score (nSPS) is 10.2. The van der Waals surface area contributed by atoms with E-state index in [1.807, 2.05) is 0 Å². The van der Waals surface area contributed by atoms with Gasteiger partial charge in [-0.15, -0.1) is 0 Å². The lowest BCUT2D eigenvalue weighted by Gasteiger charge is -2.11. The first kappa shape index (κ1) is 13.3. The monoisotopic (exact) mass is 241 g/mol. The second-order valence-corrected chi connectivity index (χ2v) is 3.69. The topological polar surface area (TPSA) is 72.5 Å². The van der Waals surface area contributed by atoms with Crippen LogP contribution in [0.4, 0.5) is 10.1 Å². The van der Waals surface area contributed by atoms with Crippen LogP contribution in [0.15, 0.2) is 12.1 Å². The molecule has 17 heavy (non-hydrogen) atoms. The molecule has 0 fully saturated rings. The summed E-state index contributed by atoms with van der Waals surface area (Å²) in [6.45, 7) is 2.46. The fourth-order valence-corrected chi connectivity index (χ4v) is 1.45. The Morgan fingerprint density at radius 2 is 2.18 bits per heavy atom. The molecule has 1 aromatic carbocycles. The molecule has 0 unspecified atom stereocenters. The van der Waals surface area contributed by atoms with Crippen molar-refractivity contribution >= 4 is 11.7 Å². The van der Waals surface area contributed by atoms with E-state index >= 15 is 0 Å². The fourth-order valence-electron chi connectivity index (χ4n) is 1.45. The highest BCUT2D eigenvalue weighted by molar-refractivity contribution is 5.96. The van der Waals surface area contributed by atoms with Gasteiger partial charge < -0.3 is 15.6 Å². The van der Waals surface area contributed by atoms with Gasteiger partial charge >= 0.3 is 5.97 Å². The minimum atomic E-state index is -1.28. The molecule has 0 aliphatic carbocycles. The summed E-state index contributed by atoms with van der Waals surface area (Å²) in [5.41, 5.74) is 4.69. The molecule has 0 atom stereocenters. The molecule has 0 heterocycles. The zero-order valence-electron chi connectivity index (χ0n) is 9.70. The van der Waals surface area contributed by atoms with Crippen molar-refractivity contribution in [2.75, 3.05) is 12.3 Å². The molecule has 3 N–H and O–H groups in total. The average Bonchev–Trinajstić information content (AvgIpc) is 2.28. The lowest BCUT2D eigenvalue weighted by atomic mass is 10.1. The third-order valence-corrected chi connectivity index (χ3v) is 2.37. The zero-order valence-corrected chi connectivity index (χ0v) is 9.70. The number of unbranched alkanes of at least 4 members (excludes halogenated alkanes) is 2. The number of hydrogen-bond acceptors (Lipinski definition) is 3. The summed E-state index contributed by atoms with van der Waals surface area (Å²) in [4.78, 5) is 11.0. The quantitative estimate of drug-likeness (QED) is 0.593. The maximum atomic E-state index is 13.1. The van der Waals surface area contributed by atoms with Gasteiger partial charge in [0.05, 0.1) is 12.3 Å². The molecular weight excluding hydrogens is 225 g/mol. The molecule has 0 radical (unpaired) electrons. The van der Waals surface area contributed by atoms with Crippen molar-refractivity contribution in [1.82, 2.24) is 0 Å². The van der Waals surface area contributed by atoms with Gasteiger partial charge in [-0.1, -0.05) is 19.8 Å². The first-order valence-corrected chi connectivity index (χ1v) is 5.52. The molecule has 0 amide bonds. The number of ether oxygens (including phenoxy) is 1. The van der Waals surface area contributed by atoms with Crippen LogP contribution in [0.1, 0.15) is 36.5 Å². The molecule has 0 saturated heterocycles. The minimum Gasteiger partial charge on any atom is -0.493 e. The van der Waals surface area contributed by atoms with Crippen LogP contribution in [-0.4, -0.2) is 17.7 Å². The lowest BCUT2D eigenvalue weighted by Crippen LogP contribution is -2.09. The van der Waals surface area contributed by atoms with E-state index in [0.717, 1.165) is 25.3 Å². The number of anilines is 1. The van der Waals surface area contributed by atoms with Crippen LogP contribution in [0.5, 0.6) is 5.75 Å². The minimum absolute atomic E-state index is 0.118. The summed E-state index contributed by atoms with van der Waals surface area (Å²) in [5, 5.41) is 8.95. The summed E-state index contributed by atoms with van der Waals surface area (Å²) < 4.78 is 18.4. The van der Waals surface area contributed by atoms with E-state index in [0.29, 0.717) is 6.61 Å². The number of rotatable bonds is 6. The first-order chi connectivity index (χ1) is 8.07. The van der Waals surface area contributed by atoms with Crippen molar-refractivity contribution in [3.05, 3.63) is 23.5 Å². The van der Waals surface area contributed by atoms with Crippen molar-refractivity contribution in [2.24, 2.45) is 0 Å². The summed E-state index contributed by atoms with van der Waals surface area (Å²) in [6, 6.07) is 2.40. The lowest BCUT2D eigenvalue weighted by molar-refractivity contribution is 0.0693. The maximum absolute atomic E-state index is 13.1. The van der Waals surface area contributed by atoms with Crippen LogP contribution in [0.3, 0.4) is 0 Å². The predicted octanol–water partition coefficient (Wildman–Crippen LogP) is 2.68. The highest BCUT2D eigenvalue weighted by Gasteiger charge is 2.18. The highest BCUT2D eigenvalue weighted by atomic mass is 19.1. The Kier molecular flexibility index (Phi) is 4.75. The molecule has 0 aliphatic rings. The summed E-state index contributed by atoms with van der Waals surface area (Å²) >= 11 is 0. The fraction of sp³-hybridized carbons (Fsp3) is 0.417. The van der Waals surface area contributed by atoms with Crippen molar-refractivity contribution < 1.29 is 19.0 Å². The van der Waals surface area contributed by atoms with Crippen molar-refractivity contribution in [3.8, 4) is 5.75 Å². The maximum Gasteiger partial charge on any atom is 0.341 e. The molecule has 1 aromatic rings. The van der Waals surface area contributed by atoms with E-state index in [9.17, 15) is 9.18 Å². The third kappa shape index (κ3) is 3.34. The van der Waals surface area contributed by atoms with Gasteiger partial charge in [0.15, 0.2) is 0 Å². The molecule has 0 bridgehead atoms. The van der Waals surface area contributed by atoms with Gasteiger partial charge in [0, 0.05) is 0 Å². The molecule has 0 saturated carbocycles. The predicted molar refractivity (Wildman–Crippen MR) is 62.8 cm³/mol. The summed E-state index contributed by atoms with van der Waals surface area (Å²) in [6.07, 6.45) is 2.87. The van der Waals surface area contributed by atoms with Gasteiger partial charge in [0.25, 0.3) is 0 Å². The molecule has 0 aromatic heterocycles. The Labute approximate surface area is 99.2 Å². The number of hydrogen-bond donors (Lipinski definition) is 2. The number of halogens is 1. The smallest absolute Gasteiger partial charge is 0.341 e. The Bertz CT molecular complexity index is 407. The number of carbonyl (C=O) groups is 1. The molecule has 5 heteroatoms. The van der Waals surface area contributed by atoms with E-state index in [-0.39, 0.29) is 17.0 Å². The number of carboxylic acid groups (broad SMARTS) is 1. The Morgan fingerprint density at radius 1 is 1.47 bits per heavy atom. The molecule has 1 rings (SSSR count). The van der Waals surface area contributed by atoms with Crippen molar-refractivity contribution in [3.63, 3.8) is 0 Å². The van der Waals surface area contributed by atoms with Crippen molar-refractivity contribution in [1.29, 1.82) is 0 Å². The van der Waals surface area contributed by atoms with Gasteiger partial charge in [-0.25, -0.2) is 9.18 Å². The van der Waals surface area contributed by atoms with Gasteiger partial charge in [0.2, 0.25) is 0 Å². The van der Waals surface area contributed by atoms with E-state index in [2.05, 4.69) is 6.92 Å². The summed E-state index contributed by atoms with van der Waals surface area (Å²) in [7, 11) is 0. The van der Waals surface area contributed by atoms with Gasteiger partial charge in [-0.2, -0.15) is 0 Å².